The molecule has 0 aliphatic carbocycles. The third kappa shape index (κ3) is 4.44. The lowest BCUT2D eigenvalue weighted by atomic mass is 10.1. The number of fused-ring (bicyclic) bond motifs is 1. The number of aromatic nitrogens is 3. The summed E-state index contributed by atoms with van der Waals surface area (Å²) >= 11 is 1.36. The Morgan fingerprint density at radius 3 is 2.71 bits per heavy atom. The molecule has 3 aromatic rings. The Bertz CT molecular complexity index is 1080. The molecule has 0 N–H and O–H groups in total. The van der Waals surface area contributed by atoms with Crippen LogP contribution in [0.4, 0.5) is 0 Å². The Morgan fingerprint density at radius 2 is 2.00 bits per heavy atom. The van der Waals surface area contributed by atoms with Crippen molar-refractivity contribution < 1.29 is 19.0 Å². The predicted octanol–water partition coefficient (Wildman–Crippen LogP) is 4.35. The molecule has 0 fully saturated rings. The van der Waals surface area contributed by atoms with Crippen molar-refractivity contribution in [3.8, 4) is 17.2 Å². The van der Waals surface area contributed by atoms with Crippen molar-refractivity contribution in [2.45, 2.75) is 30.0 Å². The Labute approximate surface area is 185 Å². The molecule has 0 saturated heterocycles. The van der Waals surface area contributed by atoms with Gasteiger partial charge < -0.3 is 14.2 Å². The fraction of sp³-hybridized carbons (Fsp3) is 0.261. The topological polar surface area (TPSA) is 75.5 Å². The Hall–Kier alpha value is -3.26. The highest BCUT2D eigenvalue weighted by Gasteiger charge is 2.29. The molecule has 0 bridgehead atoms. The summed E-state index contributed by atoms with van der Waals surface area (Å²) in [5.41, 5.74) is 0.622. The highest BCUT2D eigenvalue weighted by Crippen LogP contribution is 2.36. The molecular weight excluding hydrogens is 414 g/mol. The number of methoxy groups -OCH3 is 1. The molecule has 0 spiro atoms. The Morgan fingerprint density at radius 1 is 1.26 bits per heavy atom. The molecule has 4 rings (SSSR count). The van der Waals surface area contributed by atoms with Gasteiger partial charge in [0.2, 0.25) is 0 Å². The molecule has 2 atom stereocenters. The highest BCUT2D eigenvalue weighted by atomic mass is 32.2. The van der Waals surface area contributed by atoms with Gasteiger partial charge in [0.05, 0.1) is 12.4 Å². The second kappa shape index (κ2) is 9.26. The summed E-state index contributed by atoms with van der Waals surface area (Å²) in [6.45, 7) is 6.53. The third-order valence-electron chi connectivity index (χ3n) is 4.88. The van der Waals surface area contributed by atoms with Gasteiger partial charge in [0.1, 0.15) is 12.4 Å². The smallest absolute Gasteiger partial charge is 0.192 e. The van der Waals surface area contributed by atoms with Crippen molar-refractivity contribution in [3.63, 3.8) is 0 Å². The number of thioether (sulfide) groups is 1. The molecule has 1 aromatic heterocycles. The molecule has 0 amide bonds. The summed E-state index contributed by atoms with van der Waals surface area (Å²) in [7, 11) is 1.60. The average molecular weight is 438 g/mol. The van der Waals surface area contributed by atoms with E-state index in [1.54, 1.807) is 37.5 Å². The van der Waals surface area contributed by atoms with Crippen molar-refractivity contribution in [3.05, 3.63) is 72.6 Å². The number of nitrogens with zero attached hydrogens (tertiary/aromatic N) is 3. The Balaban J connectivity index is 1.53. The number of allylic oxidation sites excluding steroid dienone is 1. The summed E-state index contributed by atoms with van der Waals surface area (Å²) in [6, 6.07) is 14.6. The lowest BCUT2D eigenvalue weighted by molar-refractivity contribution is 0.0821. The molecule has 0 radical (unpaired) electrons. The summed E-state index contributed by atoms with van der Waals surface area (Å²) in [5, 5.41) is 8.96. The van der Waals surface area contributed by atoms with Crippen molar-refractivity contribution >= 4 is 17.5 Å². The zero-order valence-electron chi connectivity index (χ0n) is 17.4. The fourth-order valence-electron chi connectivity index (χ4n) is 3.27. The number of carbonyl (C=O) groups excluding carboxylic acids is 1. The SMILES string of the molecule is C=CCn1c(S[C@H](C)C(=O)c2ccc(OC)cc2)nnc1[C@H]1COc2ccccc2O1. The van der Waals surface area contributed by atoms with Crippen LogP contribution in [-0.4, -0.2) is 39.5 Å². The number of hydrogen-bond donors (Lipinski definition) is 0. The molecule has 8 heteroatoms. The molecule has 31 heavy (non-hydrogen) atoms. The standard InChI is InChI=1S/C23H23N3O4S/c1-4-13-26-22(20-14-29-18-7-5-6-8-19(18)30-20)24-25-23(26)31-15(2)21(27)16-9-11-17(28-3)12-10-16/h4-12,15,20H,1,13-14H2,2-3H3/t15-,20-/m1/s1. The van der Waals surface area contributed by atoms with E-state index in [2.05, 4.69) is 16.8 Å². The number of para-hydroxylation sites is 2. The minimum Gasteiger partial charge on any atom is -0.497 e. The zero-order valence-corrected chi connectivity index (χ0v) is 18.2. The van der Waals surface area contributed by atoms with E-state index >= 15 is 0 Å². The van der Waals surface area contributed by atoms with Crippen LogP contribution in [0, 0.1) is 0 Å². The number of carbonyl (C=O) groups is 1. The molecule has 0 unspecified atom stereocenters. The van der Waals surface area contributed by atoms with Crippen LogP contribution in [0.5, 0.6) is 17.2 Å². The summed E-state index contributed by atoms with van der Waals surface area (Å²) in [4.78, 5) is 12.9. The van der Waals surface area contributed by atoms with Crippen LogP contribution >= 0.6 is 11.8 Å². The summed E-state index contributed by atoms with van der Waals surface area (Å²) in [6.07, 6.45) is 1.37. The van der Waals surface area contributed by atoms with Crippen LogP contribution in [0.3, 0.4) is 0 Å². The van der Waals surface area contributed by atoms with Crippen molar-refractivity contribution in [1.29, 1.82) is 0 Å². The first-order chi connectivity index (χ1) is 15.1. The number of benzene rings is 2. The highest BCUT2D eigenvalue weighted by molar-refractivity contribution is 8.00. The van der Waals surface area contributed by atoms with Crippen LogP contribution in [0.25, 0.3) is 0 Å². The maximum absolute atomic E-state index is 12.9. The first-order valence-corrected chi connectivity index (χ1v) is 10.8. The summed E-state index contributed by atoms with van der Waals surface area (Å²) in [5.74, 6) is 2.74. The van der Waals surface area contributed by atoms with Crippen LogP contribution in [0.15, 0.2) is 66.3 Å². The molecule has 0 saturated carbocycles. The summed E-state index contributed by atoms with van der Waals surface area (Å²) < 4.78 is 19.0. The monoisotopic (exact) mass is 437 g/mol. The van der Waals surface area contributed by atoms with E-state index < -0.39 is 6.10 Å². The maximum Gasteiger partial charge on any atom is 0.192 e. The van der Waals surface area contributed by atoms with Crippen molar-refractivity contribution in [2.24, 2.45) is 0 Å². The van der Waals surface area contributed by atoms with Crippen molar-refractivity contribution in [1.82, 2.24) is 14.8 Å². The number of Topliss-reactive ketones (excluding diaryl/α,β-unsaturated/α-hetero) is 1. The van der Waals surface area contributed by atoms with Gasteiger partial charge in [-0.15, -0.1) is 16.8 Å². The average Bonchev–Trinajstić information content (AvgIpc) is 3.20. The predicted molar refractivity (Wildman–Crippen MR) is 118 cm³/mol. The van der Waals surface area contributed by atoms with E-state index in [1.807, 2.05) is 35.8 Å². The van der Waals surface area contributed by atoms with E-state index in [-0.39, 0.29) is 11.0 Å². The minimum atomic E-state index is -0.399. The lowest BCUT2D eigenvalue weighted by Crippen LogP contribution is -2.25. The Kier molecular flexibility index (Phi) is 6.27. The molecular formula is C23H23N3O4S. The van der Waals surface area contributed by atoms with E-state index in [0.29, 0.717) is 46.9 Å². The molecule has 1 aliphatic heterocycles. The van der Waals surface area contributed by atoms with Gasteiger partial charge >= 0.3 is 0 Å². The van der Waals surface area contributed by atoms with Gasteiger partial charge in [0.15, 0.2) is 34.4 Å². The quantitative estimate of drug-likeness (QED) is 0.295. The van der Waals surface area contributed by atoms with Crippen LogP contribution in [0.1, 0.15) is 29.2 Å². The maximum atomic E-state index is 12.9. The van der Waals surface area contributed by atoms with Crippen LogP contribution in [-0.2, 0) is 6.54 Å². The third-order valence-corrected chi connectivity index (χ3v) is 5.96. The van der Waals surface area contributed by atoms with Gasteiger partial charge in [0, 0.05) is 12.1 Å². The van der Waals surface area contributed by atoms with Crippen LogP contribution in [0.2, 0.25) is 0 Å². The number of rotatable bonds is 8. The number of ether oxygens (including phenoxy) is 3. The van der Waals surface area contributed by atoms with Gasteiger partial charge in [-0.3, -0.25) is 9.36 Å². The largest absolute Gasteiger partial charge is 0.497 e. The van der Waals surface area contributed by atoms with E-state index in [0.717, 1.165) is 0 Å². The van der Waals surface area contributed by atoms with E-state index in [4.69, 9.17) is 14.2 Å². The second-order valence-corrected chi connectivity index (χ2v) is 8.27. The van der Waals surface area contributed by atoms with Gasteiger partial charge in [-0.25, -0.2) is 0 Å². The molecule has 160 valence electrons. The van der Waals surface area contributed by atoms with Gasteiger partial charge in [0.25, 0.3) is 0 Å². The molecule has 7 nitrogen and oxygen atoms in total. The minimum absolute atomic E-state index is 0.00790. The van der Waals surface area contributed by atoms with Crippen LogP contribution < -0.4 is 14.2 Å². The van der Waals surface area contributed by atoms with Gasteiger partial charge in [-0.05, 0) is 43.3 Å². The fourth-order valence-corrected chi connectivity index (χ4v) is 4.22. The first-order valence-electron chi connectivity index (χ1n) is 9.88. The normalized spacial score (nSPS) is 15.9. The van der Waals surface area contributed by atoms with Gasteiger partial charge in [-0.1, -0.05) is 30.0 Å². The second-order valence-electron chi connectivity index (χ2n) is 6.96. The number of ketones is 1. The van der Waals surface area contributed by atoms with E-state index in [1.165, 1.54) is 11.8 Å². The first kappa shape index (κ1) is 21.0. The van der Waals surface area contributed by atoms with Gasteiger partial charge in [-0.2, -0.15) is 0 Å². The molecule has 2 aromatic carbocycles. The lowest BCUT2D eigenvalue weighted by Gasteiger charge is -2.26. The molecule has 1 aliphatic rings. The van der Waals surface area contributed by atoms with E-state index in [9.17, 15) is 4.79 Å². The molecule has 2 heterocycles. The van der Waals surface area contributed by atoms with Crippen molar-refractivity contribution in [2.75, 3.05) is 13.7 Å². The zero-order chi connectivity index (χ0) is 21.8. The number of hydrogen-bond acceptors (Lipinski definition) is 7.